The predicted molar refractivity (Wildman–Crippen MR) is 92.7 cm³/mol. The Kier molecular flexibility index (Phi) is 6.29. The number of nitrogens with one attached hydrogen (secondary N) is 1. The van der Waals surface area contributed by atoms with Gasteiger partial charge in [0.1, 0.15) is 12.4 Å². The van der Waals surface area contributed by atoms with E-state index in [-0.39, 0.29) is 34.6 Å². The molecule has 0 bridgehead atoms. The highest BCUT2D eigenvalue weighted by molar-refractivity contribution is 6.37. The van der Waals surface area contributed by atoms with Gasteiger partial charge < -0.3 is 15.2 Å². The monoisotopic (exact) mass is 371 g/mol. The number of ether oxygens (including phenoxy) is 1. The minimum atomic E-state index is -0.894. The molecule has 2 N–H and O–H groups in total. The molecule has 7 heteroatoms. The van der Waals surface area contributed by atoms with Crippen LogP contribution in [0, 0.1) is 5.82 Å². The van der Waals surface area contributed by atoms with Crippen molar-refractivity contribution in [3.8, 4) is 5.75 Å². The highest BCUT2D eigenvalue weighted by Crippen LogP contribution is 2.35. The predicted octanol–water partition coefficient (Wildman–Crippen LogP) is 4.77. The standard InChI is InChI=1S/C17H16Cl2FNO3/c1-21-13-5-11(4-12(20)8-13)9-24-17-14(18)6-10(7-15(17)19)2-3-16(22)23/h4-8,21H,2-3,9H2,1H3,(H,22,23). The maximum Gasteiger partial charge on any atom is 0.303 e. The number of hydrogen-bond acceptors (Lipinski definition) is 3. The van der Waals surface area contributed by atoms with Gasteiger partial charge in [0.05, 0.1) is 10.0 Å². The third-order valence-corrected chi connectivity index (χ3v) is 3.88. The Hall–Kier alpha value is -1.98. The summed E-state index contributed by atoms with van der Waals surface area (Å²) in [5.74, 6) is -0.983. The Morgan fingerprint density at radius 2 is 1.83 bits per heavy atom. The molecule has 0 atom stereocenters. The first-order valence-corrected chi connectivity index (χ1v) is 7.94. The molecule has 2 aromatic rings. The third-order valence-electron chi connectivity index (χ3n) is 3.32. The normalized spacial score (nSPS) is 10.5. The molecule has 0 aliphatic carbocycles. The fourth-order valence-electron chi connectivity index (χ4n) is 2.18. The lowest BCUT2D eigenvalue weighted by Gasteiger charge is -2.12. The molecule has 0 aromatic heterocycles. The molecule has 0 unspecified atom stereocenters. The number of rotatable bonds is 7. The number of halogens is 3. The molecule has 2 aromatic carbocycles. The number of aryl methyl sites for hydroxylation is 1. The summed E-state index contributed by atoms with van der Waals surface area (Å²) in [6, 6.07) is 7.74. The average molecular weight is 372 g/mol. The maximum atomic E-state index is 13.5. The van der Waals surface area contributed by atoms with E-state index in [4.69, 9.17) is 33.0 Å². The molecule has 0 fully saturated rings. The van der Waals surface area contributed by atoms with Gasteiger partial charge in [0.2, 0.25) is 0 Å². The zero-order valence-corrected chi connectivity index (χ0v) is 14.4. The molecular formula is C17H16Cl2FNO3. The van der Waals surface area contributed by atoms with E-state index in [9.17, 15) is 9.18 Å². The van der Waals surface area contributed by atoms with E-state index >= 15 is 0 Å². The number of carboxylic acids is 1. The lowest BCUT2D eigenvalue weighted by molar-refractivity contribution is -0.136. The molecule has 0 spiro atoms. The van der Waals surface area contributed by atoms with Crippen molar-refractivity contribution in [1.29, 1.82) is 0 Å². The zero-order chi connectivity index (χ0) is 17.7. The molecular weight excluding hydrogens is 356 g/mol. The van der Waals surface area contributed by atoms with E-state index in [0.717, 1.165) is 0 Å². The average Bonchev–Trinajstić information content (AvgIpc) is 2.51. The van der Waals surface area contributed by atoms with E-state index in [1.54, 1.807) is 25.2 Å². The molecule has 24 heavy (non-hydrogen) atoms. The van der Waals surface area contributed by atoms with Gasteiger partial charge >= 0.3 is 5.97 Å². The highest BCUT2D eigenvalue weighted by atomic mass is 35.5. The Bertz CT molecular complexity index is 730. The van der Waals surface area contributed by atoms with Gasteiger partial charge in [0.15, 0.2) is 5.75 Å². The van der Waals surface area contributed by atoms with Crippen molar-refractivity contribution < 1.29 is 19.0 Å². The van der Waals surface area contributed by atoms with Crippen molar-refractivity contribution in [2.75, 3.05) is 12.4 Å². The van der Waals surface area contributed by atoms with Gasteiger partial charge in [-0.25, -0.2) is 4.39 Å². The Labute approximate surface area is 149 Å². The van der Waals surface area contributed by atoms with Crippen LogP contribution in [0.4, 0.5) is 10.1 Å². The molecule has 4 nitrogen and oxygen atoms in total. The Balaban J connectivity index is 2.12. The molecule has 0 aliphatic heterocycles. The first-order valence-electron chi connectivity index (χ1n) is 7.18. The molecule has 0 heterocycles. The second-order valence-corrected chi connectivity index (χ2v) is 5.98. The summed E-state index contributed by atoms with van der Waals surface area (Å²) >= 11 is 12.3. The van der Waals surface area contributed by atoms with Crippen LogP contribution in [-0.4, -0.2) is 18.1 Å². The zero-order valence-electron chi connectivity index (χ0n) is 12.9. The molecule has 0 saturated heterocycles. The summed E-state index contributed by atoms with van der Waals surface area (Å²) in [6.45, 7) is 0.0976. The number of carboxylic acid groups (broad SMARTS) is 1. The molecule has 128 valence electrons. The number of anilines is 1. The van der Waals surface area contributed by atoms with E-state index in [2.05, 4.69) is 5.32 Å². The quantitative estimate of drug-likeness (QED) is 0.735. The van der Waals surface area contributed by atoms with Crippen molar-refractivity contribution in [2.45, 2.75) is 19.4 Å². The lowest BCUT2D eigenvalue weighted by atomic mass is 10.1. The number of carbonyl (C=O) groups is 1. The van der Waals surface area contributed by atoms with Crippen LogP contribution in [0.1, 0.15) is 17.5 Å². The van der Waals surface area contributed by atoms with Gasteiger partial charge in [-0.3, -0.25) is 4.79 Å². The summed E-state index contributed by atoms with van der Waals surface area (Å²) in [5, 5.41) is 12.2. The second kappa shape index (κ2) is 8.22. The Morgan fingerprint density at radius 3 is 2.42 bits per heavy atom. The summed E-state index contributed by atoms with van der Waals surface area (Å²) in [4.78, 5) is 10.6. The summed E-state index contributed by atoms with van der Waals surface area (Å²) < 4.78 is 19.1. The lowest BCUT2D eigenvalue weighted by Crippen LogP contribution is -2.01. The van der Waals surface area contributed by atoms with Crippen molar-refractivity contribution in [3.05, 3.63) is 57.3 Å². The summed E-state index contributed by atoms with van der Waals surface area (Å²) in [5.41, 5.74) is 1.97. The summed E-state index contributed by atoms with van der Waals surface area (Å²) in [6.07, 6.45) is 0.313. The van der Waals surface area contributed by atoms with Crippen molar-refractivity contribution >= 4 is 34.9 Å². The fraction of sp³-hybridized carbons (Fsp3) is 0.235. The van der Waals surface area contributed by atoms with E-state index in [1.165, 1.54) is 12.1 Å². The maximum absolute atomic E-state index is 13.5. The van der Waals surface area contributed by atoms with Crippen molar-refractivity contribution in [3.63, 3.8) is 0 Å². The van der Waals surface area contributed by atoms with E-state index < -0.39 is 5.97 Å². The third kappa shape index (κ3) is 5.01. The van der Waals surface area contributed by atoms with E-state index in [0.29, 0.717) is 23.2 Å². The second-order valence-electron chi connectivity index (χ2n) is 5.17. The van der Waals surface area contributed by atoms with Crippen LogP contribution in [-0.2, 0) is 17.8 Å². The van der Waals surface area contributed by atoms with Crippen molar-refractivity contribution in [1.82, 2.24) is 0 Å². The van der Waals surface area contributed by atoms with Crippen LogP contribution in [0.25, 0.3) is 0 Å². The van der Waals surface area contributed by atoms with Crippen LogP contribution in [0.2, 0.25) is 10.0 Å². The smallest absolute Gasteiger partial charge is 0.303 e. The van der Waals surface area contributed by atoms with Gasteiger partial charge in [-0.15, -0.1) is 0 Å². The van der Waals surface area contributed by atoms with Gasteiger partial charge in [-0.05, 0) is 47.9 Å². The molecule has 0 saturated carbocycles. The van der Waals surface area contributed by atoms with Crippen molar-refractivity contribution in [2.24, 2.45) is 0 Å². The number of benzene rings is 2. The summed E-state index contributed by atoms with van der Waals surface area (Å²) in [7, 11) is 1.70. The van der Waals surface area contributed by atoms with Gasteiger partial charge in [0.25, 0.3) is 0 Å². The number of hydrogen-bond donors (Lipinski definition) is 2. The van der Waals surface area contributed by atoms with Crippen LogP contribution < -0.4 is 10.1 Å². The molecule has 0 amide bonds. The van der Waals surface area contributed by atoms with Crippen LogP contribution in [0.15, 0.2) is 30.3 Å². The van der Waals surface area contributed by atoms with Crippen LogP contribution in [0.3, 0.4) is 0 Å². The number of aliphatic carboxylic acids is 1. The SMILES string of the molecule is CNc1cc(F)cc(COc2c(Cl)cc(CCC(=O)O)cc2Cl)c1. The Morgan fingerprint density at radius 1 is 1.17 bits per heavy atom. The fourth-order valence-corrected chi connectivity index (χ4v) is 2.82. The molecule has 2 rings (SSSR count). The minimum absolute atomic E-state index is 0.0110. The topological polar surface area (TPSA) is 58.6 Å². The highest BCUT2D eigenvalue weighted by Gasteiger charge is 2.11. The van der Waals surface area contributed by atoms with Gasteiger partial charge in [-0.1, -0.05) is 23.2 Å². The van der Waals surface area contributed by atoms with Gasteiger partial charge in [0, 0.05) is 19.2 Å². The van der Waals surface area contributed by atoms with Crippen LogP contribution >= 0.6 is 23.2 Å². The largest absolute Gasteiger partial charge is 0.486 e. The molecule has 0 aliphatic rings. The van der Waals surface area contributed by atoms with Crippen LogP contribution in [0.5, 0.6) is 5.75 Å². The first kappa shape index (κ1) is 18.4. The first-order chi connectivity index (χ1) is 11.4. The molecule has 0 radical (unpaired) electrons. The van der Waals surface area contributed by atoms with Gasteiger partial charge in [-0.2, -0.15) is 0 Å². The minimum Gasteiger partial charge on any atom is -0.486 e. The van der Waals surface area contributed by atoms with E-state index in [1.807, 2.05) is 0 Å².